The van der Waals surface area contributed by atoms with Crippen molar-refractivity contribution < 1.29 is 9.90 Å². The van der Waals surface area contributed by atoms with Crippen molar-refractivity contribution in [3.8, 4) is 0 Å². The molecule has 0 aliphatic carbocycles. The van der Waals surface area contributed by atoms with Crippen LogP contribution in [0.2, 0.25) is 0 Å². The van der Waals surface area contributed by atoms with Gasteiger partial charge < -0.3 is 5.11 Å². The van der Waals surface area contributed by atoms with E-state index in [0.29, 0.717) is 5.69 Å². The van der Waals surface area contributed by atoms with Gasteiger partial charge in [0.1, 0.15) is 5.82 Å². The minimum Gasteiger partial charge on any atom is -0.478 e. The zero-order chi connectivity index (χ0) is 11.3. The molecule has 0 radical (unpaired) electrons. The number of aryl methyl sites for hydroxylation is 2. The summed E-state index contributed by atoms with van der Waals surface area (Å²) in [5.41, 5.74) is 0.722. The SMILES string of the molecule is CSCCCc1ncc(C(=O)O)c(C)n1. The van der Waals surface area contributed by atoms with Crippen molar-refractivity contribution in [1.82, 2.24) is 9.97 Å². The minimum absolute atomic E-state index is 0.184. The average Bonchev–Trinajstić information content (AvgIpc) is 2.17. The molecule has 0 atom stereocenters. The molecule has 0 aliphatic heterocycles. The van der Waals surface area contributed by atoms with E-state index in [1.165, 1.54) is 6.20 Å². The third-order valence-corrected chi connectivity index (χ3v) is 2.71. The van der Waals surface area contributed by atoms with E-state index in [1.807, 2.05) is 0 Å². The molecule has 0 bridgehead atoms. The minimum atomic E-state index is -0.969. The Labute approximate surface area is 93.1 Å². The second-order valence-electron chi connectivity index (χ2n) is 3.19. The predicted octanol–water partition coefficient (Wildman–Crippen LogP) is 1.78. The number of aromatic carboxylic acids is 1. The molecule has 82 valence electrons. The summed E-state index contributed by atoms with van der Waals surface area (Å²) in [5, 5.41) is 8.79. The van der Waals surface area contributed by atoms with Crippen LogP contribution in [-0.2, 0) is 6.42 Å². The second-order valence-corrected chi connectivity index (χ2v) is 4.17. The maximum absolute atomic E-state index is 10.7. The zero-order valence-corrected chi connectivity index (χ0v) is 9.67. The Morgan fingerprint density at radius 1 is 1.60 bits per heavy atom. The van der Waals surface area contributed by atoms with E-state index in [4.69, 9.17) is 5.11 Å². The highest BCUT2D eigenvalue weighted by atomic mass is 32.2. The van der Waals surface area contributed by atoms with Gasteiger partial charge in [0.25, 0.3) is 0 Å². The molecule has 4 nitrogen and oxygen atoms in total. The first-order valence-corrected chi connectivity index (χ1v) is 6.09. The van der Waals surface area contributed by atoms with E-state index in [2.05, 4.69) is 16.2 Å². The van der Waals surface area contributed by atoms with Crippen molar-refractivity contribution in [2.45, 2.75) is 19.8 Å². The lowest BCUT2D eigenvalue weighted by Gasteiger charge is -2.02. The first-order chi connectivity index (χ1) is 7.15. The Hall–Kier alpha value is -1.10. The summed E-state index contributed by atoms with van der Waals surface area (Å²) in [6, 6.07) is 0. The summed E-state index contributed by atoms with van der Waals surface area (Å²) in [6.07, 6.45) is 5.27. The smallest absolute Gasteiger partial charge is 0.339 e. The number of carboxylic acid groups (broad SMARTS) is 1. The molecule has 0 spiro atoms. The molecule has 15 heavy (non-hydrogen) atoms. The summed E-state index contributed by atoms with van der Waals surface area (Å²) >= 11 is 1.78. The number of hydrogen-bond acceptors (Lipinski definition) is 4. The van der Waals surface area contributed by atoms with Gasteiger partial charge in [-0.05, 0) is 25.4 Å². The van der Waals surface area contributed by atoms with Gasteiger partial charge in [-0.2, -0.15) is 11.8 Å². The van der Waals surface area contributed by atoms with Crippen LogP contribution in [0.4, 0.5) is 0 Å². The summed E-state index contributed by atoms with van der Waals surface area (Å²) in [7, 11) is 0. The molecule has 1 aromatic heterocycles. The van der Waals surface area contributed by atoms with Crippen LogP contribution in [0.3, 0.4) is 0 Å². The monoisotopic (exact) mass is 226 g/mol. The van der Waals surface area contributed by atoms with Gasteiger partial charge in [-0.1, -0.05) is 0 Å². The van der Waals surface area contributed by atoms with E-state index in [1.54, 1.807) is 18.7 Å². The number of rotatable bonds is 5. The number of nitrogens with zero attached hydrogens (tertiary/aromatic N) is 2. The van der Waals surface area contributed by atoms with E-state index < -0.39 is 5.97 Å². The molecule has 5 heteroatoms. The van der Waals surface area contributed by atoms with Gasteiger partial charge in [-0.25, -0.2) is 14.8 Å². The zero-order valence-electron chi connectivity index (χ0n) is 8.86. The van der Waals surface area contributed by atoms with Crippen molar-refractivity contribution >= 4 is 17.7 Å². The highest BCUT2D eigenvalue weighted by Gasteiger charge is 2.09. The second kappa shape index (κ2) is 5.70. The molecule has 0 saturated carbocycles. The summed E-state index contributed by atoms with van der Waals surface area (Å²) in [5.74, 6) is 0.832. The van der Waals surface area contributed by atoms with Gasteiger partial charge in [0, 0.05) is 12.6 Å². The van der Waals surface area contributed by atoms with Crippen LogP contribution in [0.15, 0.2) is 6.20 Å². The molecule has 0 aromatic carbocycles. The molecule has 0 fully saturated rings. The van der Waals surface area contributed by atoms with Crippen LogP contribution in [0.25, 0.3) is 0 Å². The lowest BCUT2D eigenvalue weighted by atomic mass is 10.2. The topological polar surface area (TPSA) is 63.1 Å². The summed E-state index contributed by atoms with van der Waals surface area (Å²) in [4.78, 5) is 18.9. The maximum atomic E-state index is 10.7. The molecule has 0 aliphatic rings. The van der Waals surface area contributed by atoms with Crippen LogP contribution >= 0.6 is 11.8 Å². The van der Waals surface area contributed by atoms with Gasteiger partial charge in [-0.3, -0.25) is 0 Å². The maximum Gasteiger partial charge on any atom is 0.339 e. The van der Waals surface area contributed by atoms with Crippen molar-refractivity contribution in [3.05, 3.63) is 23.3 Å². The molecular formula is C10H14N2O2S. The lowest BCUT2D eigenvalue weighted by Crippen LogP contribution is -2.06. The largest absolute Gasteiger partial charge is 0.478 e. The number of hydrogen-bond donors (Lipinski definition) is 1. The van der Waals surface area contributed by atoms with Crippen molar-refractivity contribution in [2.24, 2.45) is 0 Å². The third kappa shape index (κ3) is 3.51. The van der Waals surface area contributed by atoms with E-state index in [0.717, 1.165) is 24.4 Å². The number of carboxylic acids is 1. The van der Waals surface area contributed by atoms with Crippen LogP contribution < -0.4 is 0 Å². The molecule has 1 heterocycles. The van der Waals surface area contributed by atoms with Crippen LogP contribution in [0, 0.1) is 6.92 Å². The summed E-state index contributed by atoms with van der Waals surface area (Å²) in [6.45, 7) is 1.70. The van der Waals surface area contributed by atoms with Crippen molar-refractivity contribution in [2.75, 3.05) is 12.0 Å². The Kier molecular flexibility index (Phi) is 4.55. The Morgan fingerprint density at radius 3 is 2.87 bits per heavy atom. The number of thioether (sulfide) groups is 1. The molecule has 1 rings (SSSR count). The van der Waals surface area contributed by atoms with Crippen LogP contribution in [-0.4, -0.2) is 33.1 Å². The molecular weight excluding hydrogens is 212 g/mol. The van der Waals surface area contributed by atoms with Gasteiger partial charge in [0.05, 0.1) is 11.3 Å². The molecule has 0 unspecified atom stereocenters. The first kappa shape index (κ1) is 12.0. The Balaban J connectivity index is 2.69. The van der Waals surface area contributed by atoms with Gasteiger partial charge >= 0.3 is 5.97 Å². The van der Waals surface area contributed by atoms with E-state index >= 15 is 0 Å². The summed E-state index contributed by atoms with van der Waals surface area (Å²) < 4.78 is 0. The molecule has 1 N–H and O–H groups in total. The Morgan fingerprint density at radius 2 is 2.33 bits per heavy atom. The highest BCUT2D eigenvalue weighted by molar-refractivity contribution is 7.98. The number of carbonyl (C=O) groups is 1. The van der Waals surface area contributed by atoms with Gasteiger partial charge in [0.15, 0.2) is 0 Å². The fourth-order valence-electron chi connectivity index (χ4n) is 1.22. The standard InChI is InChI=1S/C10H14N2O2S/c1-7-8(10(13)14)6-11-9(12-7)4-3-5-15-2/h6H,3-5H2,1-2H3,(H,13,14). The van der Waals surface area contributed by atoms with E-state index in [-0.39, 0.29) is 5.56 Å². The van der Waals surface area contributed by atoms with Crippen molar-refractivity contribution in [3.63, 3.8) is 0 Å². The lowest BCUT2D eigenvalue weighted by molar-refractivity contribution is 0.0695. The first-order valence-electron chi connectivity index (χ1n) is 4.70. The van der Waals surface area contributed by atoms with Crippen LogP contribution in [0.1, 0.15) is 28.3 Å². The highest BCUT2D eigenvalue weighted by Crippen LogP contribution is 2.06. The van der Waals surface area contributed by atoms with Crippen LogP contribution in [0.5, 0.6) is 0 Å². The fourth-order valence-corrected chi connectivity index (χ4v) is 1.65. The normalized spacial score (nSPS) is 10.3. The fraction of sp³-hybridized carbons (Fsp3) is 0.500. The molecule has 0 saturated heterocycles. The predicted molar refractivity (Wildman–Crippen MR) is 60.4 cm³/mol. The van der Waals surface area contributed by atoms with Crippen molar-refractivity contribution in [1.29, 1.82) is 0 Å². The number of aromatic nitrogens is 2. The average molecular weight is 226 g/mol. The quantitative estimate of drug-likeness (QED) is 0.775. The van der Waals surface area contributed by atoms with Gasteiger partial charge in [-0.15, -0.1) is 0 Å². The molecule has 0 amide bonds. The van der Waals surface area contributed by atoms with E-state index in [9.17, 15) is 4.79 Å². The van der Waals surface area contributed by atoms with Gasteiger partial charge in [0.2, 0.25) is 0 Å². The molecule has 1 aromatic rings. The Bertz CT molecular complexity index is 355. The third-order valence-electron chi connectivity index (χ3n) is 2.01.